The van der Waals surface area contributed by atoms with Gasteiger partial charge < -0.3 is 16.4 Å². The largest absolute Gasteiger partial charge is 3.00 e. The van der Waals surface area contributed by atoms with Crippen molar-refractivity contribution in [3.63, 3.8) is 0 Å². The Labute approximate surface area is 51.3 Å². The minimum absolute atomic E-state index is 0. The van der Waals surface area contributed by atoms with Gasteiger partial charge in [0.25, 0.3) is 0 Å². The molecule has 0 heterocycles. The monoisotopic (exact) mass is 158 g/mol. The fraction of sp³-hybridized carbons (Fsp3) is 0. The second kappa shape index (κ2) is 87.8. The maximum atomic E-state index is 0. The topological polar surface area (TPSA) is 90.0 Å². The molecule has 3 nitrogen and oxygen atoms in total. The SMILES string of the molecule is [Cr+3].[Mn].[OH-].[OH-].[OH-]. The molecule has 0 spiro atoms. The summed E-state index contributed by atoms with van der Waals surface area (Å²) in [6, 6.07) is 0. The van der Waals surface area contributed by atoms with Crippen LogP contribution in [-0.2, 0) is 34.4 Å². The van der Waals surface area contributed by atoms with Crippen LogP contribution in [0.3, 0.4) is 0 Å². The summed E-state index contributed by atoms with van der Waals surface area (Å²) in [4.78, 5) is 0. The van der Waals surface area contributed by atoms with Crippen molar-refractivity contribution in [1.82, 2.24) is 0 Å². The molecule has 0 aromatic heterocycles. The van der Waals surface area contributed by atoms with E-state index in [9.17, 15) is 0 Å². The molecule has 0 amide bonds. The van der Waals surface area contributed by atoms with Crippen LogP contribution in [0, 0.1) is 0 Å². The van der Waals surface area contributed by atoms with E-state index in [0.717, 1.165) is 0 Å². The van der Waals surface area contributed by atoms with Gasteiger partial charge in [0, 0.05) is 17.1 Å². The van der Waals surface area contributed by atoms with Crippen molar-refractivity contribution in [2.24, 2.45) is 0 Å². The van der Waals surface area contributed by atoms with Crippen molar-refractivity contribution in [2.75, 3.05) is 0 Å². The summed E-state index contributed by atoms with van der Waals surface area (Å²) in [5, 5.41) is 0. The van der Waals surface area contributed by atoms with Gasteiger partial charge in [-0.1, -0.05) is 0 Å². The molecule has 3 N–H and O–H groups in total. The maximum Gasteiger partial charge on any atom is 3.00 e. The van der Waals surface area contributed by atoms with Crippen LogP contribution in [0.15, 0.2) is 0 Å². The van der Waals surface area contributed by atoms with Crippen molar-refractivity contribution >= 4 is 0 Å². The van der Waals surface area contributed by atoms with E-state index in [1.165, 1.54) is 0 Å². The summed E-state index contributed by atoms with van der Waals surface area (Å²) >= 11 is 0. The van der Waals surface area contributed by atoms with Crippen LogP contribution >= 0.6 is 0 Å². The fourth-order valence-electron chi connectivity index (χ4n) is 0. The molecule has 0 bridgehead atoms. The average molecular weight is 158 g/mol. The van der Waals surface area contributed by atoms with Gasteiger partial charge in [0.15, 0.2) is 0 Å². The maximum absolute atomic E-state index is 0. The number of hydrogen-bond donors (Lipinski definition) is 0. The van der Waals surface area contributed by atoms with E-state index in [4.69, 9.17) is 0 Å². The van der Waals surface area contributed by atoms with Crippen LogP contribution in [-0.4, -0.2) is 16.4 Å². The third kappa shape index (κ3) is 48.8. The van der Waals surface area contributed by atoms with Gasteiger partial charge >= 0.3 is 17.4 Å². The van der Waals surface area contributed by atoms with Gasteiger partial charge in [-0.3, -0.25) is 0 Å². The van der Waals surface area contributed by atoms with Gasteiger partial charge in [-0.15, -0.1) is 0 Å². The molecule has 5 heteroatoms. The standard InChI is InChI=1S/Cr.Mn.3H2O/h;;3*1H2/q+3;;;;/p-3. The summed E-state index contributed by atoms with van der Waals surface area (Å²) in [5.74, 6) is 0. The molecular formula is H3CrMnO3. The predicted octanol–water partition coefficient (Wildman–Crippen LogP) is -0.535. The van der Waals surface area contributed by atoms with Crippen molar-refractivity contribution in [3.8, 4) is 0 Å². The third-order valence-electron chi connectivity index (χ3n) is 0. The van der Waals surface area contributed by atoms with Crippen molar-refractivity contribution in [3.05, 3.63) is 0 Å². The molecule has 0 rings (SSSR count). The zero-order valence-corrected chi connectivity index (χ0v) is 4.58. The Balaban J connectivity index is 0. The van der Waals surface area contributed by atoms with E-state index < -0.39 is 0 Å². The van der Waals surface area contributed by atoms with E-state index in [1.54, 1.807) is 0 Å². The predicted molar refractivity (Wildman–Crippen MR) is 5.81 cm³/mol. The van der Waals surface area contributed by atoms with Crippen LogP contribution in [0.5, 0.6) is 0 Å². The Bertz CT molecular complexity index is 6.85. The summed E-state index contributed by atoms with van der Waals surface area (Å²) in [6.45, 7) is 0. The van der Waals surface area contributed by atoms with Gasteiger partial charge in [0.2, 0.25) is 0 Å². The van der Waals surface area contributed by atoms with Crippen LogP contribution in [0.25, 0.3) is 0 Å². The zero-order valence-electron chi connectivity index (χ0n) is 2.13. The summed E-state index contributed by atoms with van der Waals surface area (Å²) < 4.78 is 0. The van der Waals surface area contributed by atoms with Crippen LogP contribution < -0.4 is 0 Å². The van der Waals surface area contributed by atoms with E-state index >= 15 is 0 Å². The molecule has 0 saturated carbocycles. The molecule has 0 unspecified atom stereocenters. The Morgan fingerprint density at radius 2 is 0.600 bits per heavy atom. The molecule has 0 aliphatic rings. The first-order valence-corrected chi connectivity index (χ1v) is 0. The smallest absolute Gasteiger partial charge is 0.870 e. The van der Waals surface area contributed by atoms with Crippen molar-refractivity contribution in [2.45, 2.75) is 0 Å². The van der Waals surface area contributed by atoms with E-state index in [2.05, 4.69) is 0 Å². The third-order valence-corrected chi connectivity index (χ3v) is 0. The molecule has 5 heavy (non-hydrogen) atoms. The molecule has 2 radical (unpaired) electrons. The molecule has 0 atom stereocenters. The molecule has 0 saturated heterocycles. The Morgan fingerprint density at radius 3 is 0.600 bits per heavy atom. The quantitative estimate of drug-likeness (QED) is 0.443. The Hall–Kier alpha value is 0.932. The van der Waals surface area contributed by atoms with Crippen molar-refractivity contribution in [1.29, 1.82) is 0 Å². The first kappa shape index (κ1) is 166. The molecule has 0 aliphatic carbocycles. The molecule has 0 fully saturated rings. The summed E-state index contributed by atoms with van der Waals surface area (Å²) in [5.41, 5.74) is 0. The average Bonchev–Trinajstić information content (AvgIpc) is 0. The van der Waals surface area contributed by atoms with E-state index in [0.29, 0.717) is 0 Å². The normalized spacial score (nSPS) is 0. The first-order valence-electron chi connectivity index (χ1n) is 0. The Morgan fingerprint density at radius 1 is 0.600 bits per heavy atom. The van der Waals surface area contributed by atoms with Gasteiger partial charge in [0.1, 0.15) is 0 Å². The fourth-order valence-corrected chi connectivity index (χ4v) is 0. The van der Waals surface area contributed by atoms with E-state index in [1.807, 2.05) is 0 Å². The van der Waals surface area contributed by atoms with E-state index in [-0.39, 0.29) is 50.9 Å². The van der Waals surface area contributed by atoms with Crippen LogP contribution in [0.4, 0.5) is 0 Å². The van der Waals surface area contributed by atoms with Crippen molar-refractivity contribution < 1.29 is 50.9 Å². The van der Waals surface area contributed by atoms with Gasteiger partial charge in [-0.2, -0.15) is 0 Å². The van der Waals surface area contributed by atoms with Gasteiger partial charge in [-0.05, 0) is 0 Å². The molecule has 0 aromatic carbocycles. The van der Waals surface area contributed by atoms with Crippen LogP contribution in [0.1, 0.15) is 0 Å². The van der Waals surface area contributed by atoms with Gasteiger partial charge in [0.05, 0.1) is 0 Å². The molecule has 0 aromatic rings. The van der Waals surface area contributed by atoms with Crippen LogP contribution in [0.2, 0.25) is 0 Å². The first-order chi connectivity index (χ1) is 0. The summed E-state index contributed by atoms with van der Waals surface area (Å²) in [7, 11) is 0. The minimum atomic E-state index is 0. The second-order valence-electron chi connectivity index (χ2n) is 0. The summed E-state index contributed by atoms with van der Waals surface area (Å²) in [6.07, 6.45) is 0. The Kier molecular flexibility index (Phi) is 2920. The zero-order chi connectivity index (χ0) is 0. The number of hydrogen-bond acceptors (Lipinski definition) is 3. The van der Waals surface area contributed by atoms with Gasteiger partial charge in [-0.25, -0.2) is 0 Å². The molecular weight excluding hydrogens is 155 g/mol. The minimum Gasteiger partial charge on any atom is -0.870 e. The molecule has 0 aliphatic heterocycles. The molecule has 34 valence electrons. The number of rotatable bonds is 0. The second-order valence-corrected chi connectivity index (χ2v) is 0.